The lowest BCUT2D eigenvalue weighted by atomic mass is 10.0. The third kappa shape index (κ3) is 2.90. The first-order valence-electron chi connectivity index (χ1n) is 10.0. The molecule has 6 heterocycles. The number of fused-ring (bicyclic) bond motifs is 2. The molecular weight excluding hydrogens is 404 g/mol. The minimum Gasteiger partial charge on any atom is -0.472 e. The number of hydrogen-bond donors (Lipinski definition) is 2. The van der Waals surface area contributed by atoms with E-state index in [-0.39, 0.29) is 0 Å². The lowest BCUT2D eigenvalue weighted by Crippen LogP contribution is -2.27. The number of rotatable bonds is 3. The Balaban J connectivity index is 1.50. The van der Waals surface area contributed by atoms with Crippen molar-refractivity contribution in [2.24, 2.45) is 4.99 Å². The lowest BCUT2D eigenvalue weighted by Gasteiger charge is -2.25. The molecule has 0 saturated heterocycles. The van der Waals surface area contributed by atoms with E-state index in [1.807, 2.05) is 36.3 Å². The van der Waals surface area contributed by atoms with Gasteiger partial charge in [0.2, 0.25) is 0 Å². The Labute approximate surface area is 182 Å². The average Bonchev–Trinajstić information content (AvgIpc) is 3.49. The number of pyridine rings is 3. The van der Waals surface area contributed by atoms with Crippen molar-refractivity contribution in [1.82, 2.24) is 24.9 Å². The molecule has 0 amide bonds. The maximum Gasteiger partial charge on any atom is 0.157 e. The Bertz CT molecular complexity index is 1490. The zero-order valence-corrected chi connectivity index (χ0v) is 17.1. The fourth-order valence-corrected chi connectivity index (χ4v) is 3.91. The van der Waals surface area contributed by atoms with E-state index in [4.69, 9.17) is 20.1 Å². The van der Waals surface area contributed by atoms with E-state index < -0.39 is 0 Å². The van der Waals surface area contributed by atoms with Crippen LogP contribution in [0.3, 0.4) is 0 Å². The molecule has 0 saturated carbocycles. The first kappa shape index (κ1) is 18.3. The molecule has 0 fully saturated rings. The van der Waals surface area contributed by atoms with E-state index in [2.05, 4.69) is 19.9 Å². The SMILES string of the molecule is CN1CN=C(c2nc3c(-c4ccoc4)cncc3[nH]2)c2cc(-c3cncc(N)c3)ncc21. The van der Waals surface area contributed by atoms with E-state index >= 15 is 0 Å². The zero-order chi connectivity index (χ0) is 21.7. The summed E-state index contributed by atoms with van der Waals surface area (Å²) < 4.78 is 5.25. The zero-order valence-electron chi connectivity index (χ0n) is 17.1. The van der Waals surface area contributed by atoms with Crippen LogP contribution in [0.1, 0.15) is 11.4 Å². The summed E-state index contributed by atoms with van der Waals surface area (Å²) >= 11 is 0. The van der Waals surface area contributed by atoms with Gasteiger partial charge in [0, 0.05) is 47.9 Å². The highest BCUT2D eigenvalue weighted by atomic mass is 16.3. The molecule has 6 rings (SSSR count). The smallest absolute Gasteiger partial charge is 0.157 e. The van der Waals surface area contributed by atoms with Gasteiger partial charge in [0.05, 0.1) is 47.5 Å². The van der Waals surface area contributed by atoms with Crippen molar-refractivity contribution in [3.05, 3.63) is 73.1 Å². The van der Waals surface area contributed by atoms with Crippen molar-refractivity contribution >= 4 is 28.1 Å². The maximum atomic E-state index is 5.92. The van der Waals surface area contributed by atoms with E-state index in [9.17, 15) is 0 Å². The molecule has 1 aliphatic rings. The molecule has 0 unspecified atom stereocenters. The summed E-state index contributed by atoms with van der Waals surface area (Å²) in [7, 11) is 1.99. The Morgan fingerprint density at radius 1 is 1.03 bits per heavy atom. The molecule has 0 bridgehead atoms. The number of nitrogens with two attached hydrogens (primary N) is 1. The maximum absolute atomic E-state index is 5.92. The number of nitrogen functional groups attached to an aromatic ring is 1. The molecule has 32 heavy (non-hydrogen) atoms. The summed E-state index contributed by atoms with van der Waals surface area (Å²) in [5.74, 6) is 0.676. The first-order chi connectivity index (χ1) is 15.7. The predicted octanol–water partition coefficient (Wildman–Crippen LogP) is 3.50. The molecule has 1 aliphatic heterocycles. The molecule has 156 valence electrons. The van der Waals surface area contributed by atoms with Gasteiger partial charge in [0.25, 0.3) is 0 Å². The van der Waals surface area contributed by atoms with Crippen LogP contribution in [0.25, 0.3) is 33.4 Å². The fraction of sp³-hybridized carbons (Fsp3) is 0.0870. The van der Waals surface area contributed by atoms with Crippen molar-refractivity contribution in [3.63, 3.8) is 0 Å². The number of nitrogens with one attached hydrogen (secondary N) is 1. The number of anilines is 2. The topological polar surface area (TPSA) is 122 Å². The molecular formula is C23H18N8O. The number of H-pyrrole nitrogens is 1. The largest absolute Gasteiger partial charge is 0.472 e. The van der Waals surface area contributed by atoms with E-state index in [0.717, 1.165) is 50.4 Å². The highest BCUT2D eigenvalue weighted by molar-refractivity contribution is 6.16. The van der Waals surface area contributed by atoms with E-state index in [0.29, 0.717) is 18.2 Å². The Morgan fingerprint density at radius 3 is 2.78 bits per heavy atom. The minimum absolute atomic E-state index is 0.507. The van der Waals surface area contributed by atoms with Crippen LogP contribution in [0.5, 0.6) is 0 Å². The predicted molar refractivity (Wildman–Crippen MR) is 122 cm³/mol. The molecule has 3 N–H and O–H groups in total. The number of nitrogens with zero attached hydrogens (tertiary/aromatic N) is 6. The normalized spacial score (nSPS) is 13.3. The van der Waals surface area contributed by atoms with Gasteiger partial charge in [-0.1, -0.05) is 0 Å². The van der Waals surface area contributed by atoms with Crippen LogP contribution in [-0.4, -0.2) is 44.3 Å². The van der Waals surface area contributed by atoms with Gasteiger partial charge in [-0.05, 0) is 18.2 Å². The summed E-state index contributed by atoms with van der Waals surface area (Å²) in [5, 5.41) is 0. The Hall–Kier alpha value is -4.53. The van der Waals surface area contributed by atoms with E-state index in [1.165, 1.54) is 0 Å². The van der Waals surface area contributed by atoms with Crippen LogP contribution >= 0.6 is 0 Å². The van der Waals surface area contributed by atoms with Crippen LogP contribution in [0, 0.1) is 0 Å². The highest BCUT2D eigenvalue weighted by Crippen LogP contribution is 2.32. The van der Waals surface area contributed by atoms with Gasteiger partial charge in [-0.3, -0.25) is 19.9 Å². The third-order valence-corrected chi connectivity index (χ3v) is 5.50. The third-order valence-electron chi connectivity index (χ3n) is 5.50. The lowest BCUT2D eigenvalue weighted by molar-refractivity contribution is 0.568. The Morgan fingerprint density at radius 2 is 1.94 bits per heavy atom. The van der Waals surface area contributed by atoms with Crippen molar-refractivity contribution in [3.8, 4) is 22.4 Å². The van der Waals surface area contributed by atoms with Crippen LogP contribution in [0.4, 0.5) is 11.4 Å². The van der Waals surface area contributed by atoms with Crippen LogP contribution in [0.2, 0.25) is 0 Å². The molecule has 9 heteroatoms. The molecule has 5 aromatic rings. The van der Waals surface area contributed by atoms with Gasteiger partial charge in [0.15, 0.2) is 5.82 Å². The molecule has 0 aromatic carbocycles. The molecule has 0 radical (unpaired) electrons. The van der Waals surface area contributed by atoms with E-state index in [1.54, 1.807) is 37.3 Å². The number of furan rings is 1. The monoisotopic (exact) mass is 422 g/mol. The number of imidazole rings is 1. The average molecular weight is 422 g/mol. The number of aromatic nitrogens is 5. The summed E-state index contributed by atoms with van der Waals surface area (Å²) in [6.45, 7) is 0.507. The quantitative estimate of drug-likeness (QED) is 0.456. The number of aliphatic imine (C=N–C) groups is 1. The van der Waals surface area contributed by atoms with Crippen molar-refractivity contribution in [1.29, 1.82) is 0 Å². The minimum atomic E-state index is 0.507. The van der Waals surface area contributed by atoms with Gasteiger partial charge in [-0.25, -0.2) is 4.98 Å². The van der Waals surface area contributed by atoms with Crippen LogP contribution in [0.15, 0.2) is 71.1 Å². The second-order valence-electron chi connectivity index (χ2n) is 7.62. The van der Waals surface area contributed by atoms with Gasteiger partial charge >= 0.3 is 0 Å². The van der Waals surface area contributed by atoms with Gasteiger partial charge in [-0.15, -0.1) is 0 Å². The van der Waals surface area contributed by atoms with Crippen LogP contribution < -0.4 is 10.6 Å². The van der Waals surface area contributed by atoms with Gasteiger partial charge in [-0.2, -0.15) is 0 Å². The summed E-state index contributed by atoms with van der Waals surface area (Å²) in [4.78, 5) is 28.3. The molecule has 0 atom stereocenters. The second-order valence-corrected chi connectivity index (χ2v) is 7.62. The van der Waals surface area contributed by atoms with Crippen molar-refractivity contribution in [2.45, 2.75) is 0 Å². The number of aromatic amines is 1. The van der Waals surface area contributed by atoms with Gasteiger partial charge < -0.3 is 20.0 Å². The van der Waals surface area contributed by atoms with Gasteiger partial charge in [0.1, 0.15) is 17.9 Å². The molecule has 9 nitrogen and oxygen atoms in total. The molecule has 0 spiro atoms. The molecule has 0 aliphatic carbocycles. The first-order valence-corrected chi connectivity index (χ1v) is 10.0. The Kier molecular flexibility index (Phi) is 4.00. The summed E-state index contributed by atoms with van der Waals surface area (Å²) in [6.07, 6.45) is 12.1. The fourth-order valence-electron chi connectivity index (χ4n) is 3.91. The number of hydrogen-bond acceptors (Lipinski definition) is 8. The summed E-state index contributed by atoms with van der Waals surface area (Å²) in [5.41, 5.74) is 14.3. The van der Waals surface area contributed by atoms with Crippen molar-refractivity contribution in [2.75, 3.05) is 24.3 Å². The van der Waals surface area contributed by atoms with Crippen molar-refractivity contribution < 1.29 is 4.42 Å². The second kappa shape index (κ2) is 7.02. The van der Waals surface area contributed by atoms with Crippen LogP contribution in [-0.2, 0) is 0 Å². The standard InChI is InChI=1S/C23H18N8O/c1-31-12-28-22(16-5-18(27-10-20(16)31)14-4-15(24)7-25-6-14)23-29-19-9-26-8-17(21(19)30-23)13-2-3-32-11-13/h2-11H,12,24H2,1H3,(H,29,30). The molecule has 5 aromatic heterocycles. The highest BCUT2D eigenvalue weighted by Gasteiger charge is 2.24. The summed E-state index contributed by atoms with van der Waals surface area (Å²) in [6, 6.07) is 5.75.